The normalized spacial score (nSPS) is 21.0. The molecule has 1 aromatic carbocycles. The summed E-state index contributed by atoms with van der Waals surface area (Å²) in [6.07, 6.45) is 3.92. The van der Waals surface area contributed by atoms with Crippen LogP contribution in [0.15, 0.2) is 42.6 Å². The van der Waals surface area contributed by atoms with Crippen LogP contribution in [0.1, 0.15) is 35.9 Å². The molecule has 6 heteroatoms. The van der Waals surface area contributed by atoms with Crippen LogP contribution in [0.25, 0.3) is 10.9 Å². The Morgan fingerprint density at radius 3 is 3.06 bits per heavy atom. The Morgan fingerprint density at radius 2 is 2.16 bits per heavy atom. The van der Waals surface area contributed by atoms with Crippen molar-refractivity contribution in [2.24, 2.45) is 5.92 Å². The van der Waals surface area contributed by atoms with Crippen molar-refractivity contribution in [2.45, 2.75) is 38.9 Å². The molecule has 0 bridgehead atoms. The van der Waals surface area contributed by atoms with E-state index in [2.05, 4.69) is 57.8 Å². The SMILES string of the molecule is C[C@H]1C[C@@H](NCc2ccc3c(n2)CCNC3)CN(c2ccc(C#N)c3ncccc23)C1. The quantitative estimate of drug-likeness (QED) is 0.686. The van der Waals surface area contributed by atoms with Crippen molar-refractivity contribution in [2.75, 3.05) is 24.5 Å². The van der Waals surface area contributed by atoms with E-state index in [0.717, 1.165) is 62.2 Å². The fourth-order valence-electron chi connectivity index (χ4n) is 4.95. The number of benzene rings is 1. The average Bonchev–Trinajstić information content (AvgIpc) is 2.81. The summed E-state index contributed by atoms with van der Waals surface area (Å²) in [4.78, 5) is 11.8. The molecule has 1 saturated heterocycles. The Balaban J connectivity index is 1.33. The molecule has 0 spiro atoms. The van der Waals surface area contributed by atoms with Gasteiger partial charge in [0.15, 0.2) is 0 Å². The molecule has 2 atom stereocenters. The summed E-state index contributed by atoms with van der Waals surface area (Å²) >= 11 is 0. The van der Waals surface area contributed by atoms with Gasteiger partial charge in [0, 0.05) is 68.2 Å². The topological polar surface area (TPSA) is 76.9 Å². The summed E-state index contributed by atoms with van der Waals surface area (Å²) in [6.45, 7) is 7.00. The molecule has 2 aliphatic heterocycles. The Morgan fingerprint density at radius 1 is 1.23 bits per heavy atom. The standard InChI is InChI=1S/C25H28N6/c1-17-11-21(29-14-20-6-4-19-13-27-10-8-23(19)30-20)16-31(15-17)24-7-5-18(12-26)25-22(24)3-2-9-28-25/h2-7,9,17,21,27,29H,8,10-11,13-16H2,1H3/t17-,21+/m0/s1. The lowest BCUT2D eigenvalue weighted by Gasteiger charge is -2.39. The third kappa shape index (κ3) is 4.12. The largest absolute Gasteiger partial charge is 0.369 e. The predicted octanol–water partition coefficient (Wildman–Crippen LogP) is 3.15. The summed E-state index contributed by atoms with van der Waals surface area (Å²) < 4.78 is 0. The van der Waals surface area contributed by atoms with E-state index in [1.807, 2.05) is 12.1 Å². The molecule has 3 aromatic rings. The highest BCUT2D eigenvalue weighted by molar-refractivity contribution is 5.95. The molecule has 2 N–H and O–H groups in total. The van der Waals surface area contributed by atoms with Crippen molar-refractivity contribution in [1.29, 1.82) is 5.26 Å². The minimum atomic E-state index is 0.394. The molecule has 4 heterocycles. The molecule has 158 valence electrons. The lowest BCUT2D eigenvalue weighted by atomic mass is 9.94. The minimum Gasteiger partial charge on any atom is -0.369 e. The van der Waals surface area contributed by atoms with Gasteiger partial charge < -0.3 is 15.5 Å². The zero-order chi connectivity index (χ0) is 21.2. The molecule has 2 aliphatic rings. The summed E-state index contributed by atoms with van der Waals surface area (Å²) in [7, 11) is 0. The molecule has 0 amide bonds. The number of aromatic nitrogens is 2. The van der Waals surface area contributed by atoms with E-state index in [-0.39, 0.29) is 0 Å². The number of piperidine rings is 1. The van der Waals surface area contributed by atoms with Crippen LogP contribution in [0.3, 0.4) is 0 Å². The van der Waals surface area contributed by atoms with Gasteiger partial charge in [0.05, 0.1) is 16.8 Å². The van der Waals surface area contributed by atoms with E-state index in [1.165, 1.54) is 16.9 Å². The van der Waals surface area contributed by atoms with Crippen molar-refractivity contribution < 1.29 is 0 Å². The molecule has 0 aliphatic carbocycles. The summed E-state index contributed by atoms with van der Waals surface area (Å²) in [5, 5.41) is 17.7. The highest BCUT2D eigenvalue weighted by atomic mass is 15.2. The first-order valence-electron chi connectivity index (χ1n) is 11.2. The van der Waals surface area contributed by atoms with E-state index in [4.69, 9.17) is 4.98 Å². The molecular weight excluding hydrogens is 384 g/mol. The number of hydrogen-bond donors (Lipinski definition) is 2. The van der Waals surface area contributed by atoms with Crippen LogP contribution in [0.4, 0.5) is 5.69 Å². The van der Waals surface area contributed by atoms with Crippen LogP contribution in [0.5, 0.6) is 0 Å². The highest BCUT2D eigenvalue weighted by Gasteiger charge is 2.26. The van der Waals surface area contributed by atoms with Crippen LogP contribution in [0.2, 0.25) is 0 Å². The second-order valence-corrected chi connectivity index (χ2v) is 8.80. The maximum Gasteiger partial charge on any atom is 0.101 e. The van der Waals surface area contributed by atoms with E-state index < -0.39 is 0 Å². The second kappa shape index (κ2) is 8.62. The van der Waals surface area contributed by atoms with Gasteiger partial charge in [0.1, 0.15) is 6.07 Å². The molecule has 5 rings (SSSR count). The fraction of sp³-hybridized carbons (Fsp3) is 0.400. The van der Waals surface area contributed by atoms with Gasteiger partial charge in [-0.2, -0.15) is 5.26 Å². The fourth-order valence-corrected chi connectivity index (χ4v) is 4.95. The number of nitrogens with zero attached hydrogens (tertiary/aromatic N) is 4. The van der Waals surface area contributed by atoms with E-state index in [0.29, 0.717) is 17.5 Å². The second-order valence-electron chi connectivity index (χ2n) is 8.80. The summed E-state index contributed by atoms with van der Waals surface area (Å²) in [5.74, 6) is 0.580. The van der Waals surface area contributed by atoms with Crippen molar-refractivity contribution in [1.82, 2.24) is 20.6 Å². The Labute approximate surface area is 183 Å². The highest BCUT2D eigenvalue weighted by Crippen LogP contribution is 2.31. The monoisotopic (exact) mass is 412 g/mol. The van der Waals surface area contributed by atoms with Crippen molar-refractivity contribution in [3.63, 3.8) is 0 Å². The molecular formula is C25H28N6. The van der Waals surface area contributed by atoms with E-state index in [9.17, 15) is 5.26 Å². The first kappa shape index (κ1) is 19.9. The lowest BCUT2D eigenvalue weighted by molar-refractivity contribution is 0.349. The Kier molecular flexibility index (Phi) is 5.54. The number of pyridine rings is 2. The number of nitriles is 1. The van der Waals surface area contributed by atoms with Gasteiger partial charge in [-0.15, -0.1) is 0 Å². The maximum atomic E-state index is 9.45. The van der Waals surface area contributed by atoms with Gasteiger partial charge in [-0.25, -0.2) is 0 Å². The van der Waals surface area contributed by atoms with Gasteiger partial charge in [-0.3, -0.25) is 9.97 Å². The lowest BCUT2D eigenvalue weighted by Crippen LogP contribution is -2.48. The molecule has 2 aromatic heterocycles. The predicted molar refractivity (Wildman–Crippen MR) is 123 cm³/mol. The minimum absolute atomic E-state index is 0.394. The van der Waals surface area contributed by atoms with Gasteiger partial charge in [0.2, 0.25) is 0 Å². The summed E-state index contributed by atoms with van der Waals surface area (Å²) in [6, 6.07) is 15.1. The zero-order valence-electron chi connectivity index (χ0n) is 17.9. The molecule has 6 nitrogen and oxygen atoms in total. The van der Waals surface area contributed by atoms with Crippen molar-refractivity contribution in [3.05, 3.63) is 65.1 Å². The Bertz CT molecular complexity index is 1130. The first-order valence-corrected chi connectivity index (χ1v) is 11.2. The number of fused-ring (bicyclic) bond motifs is 2. The van der Waals surface area contributed by atoms with E-state index >= 15 is 0 Å². The zero-order valence-corrected chi connectivity index (χ0v) is 17.9. The van der Waals surface area contributed by atoms with Gasteiger partial charge in [-0.1, -0.05) is 13.0 Å². The van der Waals surface area contributed by atoms with Gasteiger partial charge in [-0.05, 0) is 48.2 Å². The van der Waals surface area contributed by atoms with Gasteiger partial charge >= 0.3 is 0 Å². The first-order chi connectivity index (χ1) is 15.2. The third-order valence-corrected chi connectivity index (χ3v) is 6.42. The third-order valence-electron chi connectivity index (χ3n) is 6.42. The molecule has 0 unspecified atom stereocenters. The number of hydrogen-bond acceptors (Lipinski definition) is 6. The smallest absolute Gasteiger partial charge is 0.101 e. The van der Waals surface area contributed by atoms with Crippen LogP contribution in [0, 0.1) is 17.2 Å². The van der Waals surface area contributed by atoms with E-state index in [1.54, 1.807) is 6.20 Å². The Hall–Kier alpha value is -3.01. The van der Waals surface area contributed by atoms with Crippen LogP contribution >= 0.6 is 0 Å². The number of nitrogens with one attached hydrogen (secondary N) is 2. The molecule has 0 radical (unpaired) electrons. The van der Waals surface area contributed by atoms with Crippen molar-refractivity contribution >= 4 is 16.6 Å². The van der Waals surface area contributed by atoms with Crippen LogP contribution in [-0.2, 0) is 19.5 Å². The van der Waals surface area contributed by atoms with Gasteiger partial charge in [0.25, 0.3) is 0 Å². The summed E-state index contributed by atoms with van der Waals surface area (Å²) in [5.41, 5.74) is 6.28. The average molecular weight is 413 g/mol. The van der Waals surface area contributed by atoms with Crippen molar-refractivity contribution in [3.8, 4) is 6.07 Å². The van der Waals surface area contributed by atoms with Crippen LogP contribution < -0.4 is 15.5 Å². The number of anilines is 1. The van der Waals surface area contributed by atoms with Crippen LogP contribution in [-0.4, -0.2) is 35.6 Å². The molecule has 1 fully saturated rings. The number of rotatable bonds is 4. The molecule has 0 saturated carbocycles. The molecule has 31 heavy (non-hydrogen) atoms. The maximum absolute atomic E-state index is 9.45.